The maximum atomic E-state index is 6.09. The van der Waals surface area contributed by atoms with Gasteiger partial charge in [0.25, 0.3) is 0 Å². The van der Waals surface area contributed by atoms with Crippen molar-refractivity contribution < 1.29 is 9.47 Å². The van der Waals surface area contributed by atoms with Gasteiger partial charge in [-0.3, -0.25) is 0 Å². The Morgan fingerprint density at radius 3 is 1.82 bits per heavy atom. The van der Waals surface area contributed by atoms with Gasteiger partial charge in [0.2, 0.25) is 0 Å². The van der Waals surface area contributed by atoms with Crippen LogP contribution in [0.5, 0.6) is 0 Å². The molecule has 0 aliphatic rings. The molecule has 0 unspecified atom stereocenters. The molecule has 0 spiro atoms. The summed E-state index contributed by atoms with van der Waals surface area (Å²) in [6.45, 7) is 3.06. The van der Waals surface area contributed by atoms with Gasteiger partial charge in [-0.05, 0) is 11.1 Å². The second-order valence-corrected chi connectivity index (χ2v) is 4.81. The van der Waals surface area contributed by atoms with Crippen molar-refractivity contribution in [3.05, 3.63) is 71.8 Å². The number of hydrogen-bond donors (Lipinski definition) is 1. The second-order valence-electron chi connectivity index (χ2n) is 4.81. The summed E-state index contributed by atoms with van der Waals surface area (Å²) in [5.41, 5.74) is 2.36. The minimum atomic E-state index is -0.0170. The largest absolute Gasteiger partial charge is 0.383 e. The van der Waals surface area contributed by atoms with Gasteiger partial charge in [0.05, 0.1) is 13.2 Å². The van der Waals surface area contributed by atoms with Crippen LogP contribution in [0.15, 0.2) is 60.7 Å². The van der Waals surface area contributed by atoms with E-state index in [0.717, 1.165) is 19.7 Å². The number of nitrogens with one attached hydrogen (secondary N) is 1. The summed E-state index contributed by atoms with van der Waals surface area (Å²) in [6.07, 6.45) is -0.0170. The highest BCUT2D eigenvalue weighted by Gasteiger charge is 2.13. The van der Waals surface area contributed by atoms with Crippen LogP contribution in [0.4, 0.5) is 0 Å². The van der Waals surface area contributed by atoms with Gasteiger partial charge >= 0.3 is 0 Å². The van der Waals surface area contributed by atoms with Crippen LogP contribution in [0.1, 0.15) is 17.2 Å². The number of halogens is 1. The lowest BCUT2D eigenvalue weighted by Gasteiger charge is -2.19. The van der Waals surface area contributed by atoms with Gasteiger partial charge in [-0.1, -0.05) is 60.7 Å². The van der Waals surface area contributed by atoms with Crippen LogP contribution in [0, 0.1) is 0 Å². The van der Waals surface area contributed by atoms with Crippen LogP contribution in [0.3, 0.4) is 0 Å². The molecule has 2 aromatic rings. The van der Waals surface area contributed by atoms with Crippen molar-refractivity contribution in [1.82, 2.24) is 5.32 Å². The molecule has 0 amide bonds. The SMILES string of the molecule is COCCNCCOC(c1ccccc1)c1ccccc1.Cl. The molecule has 2 rings (SSSR count). The summed E-state index contributed by atoms with van der Waals surface area (Å²) in [7, 11) is 1.71. The molecular weight excluding hydrogens is 298 g/mol. The van der Waals surface area contributed by atoms with E-state index in [4.69, 9.17) is 9.47 Å². The maximum absolute atomic E-state index is 6.09. The molecule has 0 aromatic heterocycles. The Balaban J connectivity index is 0.00000242. The van der Waals surface area contributed by atoms with Gasteiger partial charge in [-0.15, -0.1) is 12.4 Å². The van der Waals surface area contributed by atoms with E-state index in [-0.39, 0.29) is 18.5 Å². The first-order chi connectivity index (χ1) is 10.4. The van der Waals surface area contributed by atoms with Crippen LogP contribution in [-0.2, 0) is 9.47 Å². The van der Waals surface area contributed by atoms with Crippen molar-refractivity contribution in [2.45, 2.75) is 6.10 Å². The molecule has 0 fully saturated rings. The fourth-order valence-electron chi connectivity index (χ4n) is 2.19. The zero-order valence-corrected chi connectivity index (χ0v) is 13.7. The molecule has 2 aromatic carbocycles. The fourth-order valence-corrected chi connectivity index (χ4v) is 2.19. The first-order valence-corrected chi connectivity index (χ1v) is 7.33. The smallest absolute Gasteiger partial charge is 0.108 e. The van der Waals surface area contributed by atoms with Crippen LogP contribution < -0.4 is 5.32 Å². The molecule has 0 atom stereocenters. The van der Waals surface area contributed by atoms with E-state index >= 15 is 0 Å². The van der Waals surface area contributed by atoms with Gasteiger partial charge in [0, 0.05) is 20.2 Å². The van der Waals surface area contributed by atoms with Crippen LogP contribution in [0.25, 0.3) is 0 Å². The summed E-state index contributed by atoms with van der Waals surface area (Å²) in [6, 6.07) is 20.7. The molecule has 0 saturated heterocycles. The third kappa shape index (κ3) is 6.16. The maximum Gasteiger partial charge on any atom is 0.108 e. The van der Waals surface area contributed by atoms with Crippen LogP contribution >= 0.6 is 12.4 Å². The number of benzene rings is 2. The van der Waals surface area contributed by atoms with Gasteiger partial charge in [0.15, 0.2) is 0 Å². The topological polar surface area (TPSA) is 30.5 Å². The second kappa shape index (κ2) is 11.2. The molecule has 0 bridgehead atoms. The zero-order chi connectivity index (χ0) is 14.8. The van der Waals surface area contributed by atoms with Gasteiger partial charge in [-0.2, -0.15) is 0 Å². The van der Waals surface area contributed by atoms with E-state index in [0.29, 0.717) is 6.61 Å². The Hall–Kier alpha value is -1.39. The predicted molar refractivity (Wildman–Crippen MR) is 92.7 cm³/mol. The molecule has 0 saturated carbocycles. The standard InChI is InChI=1S/C18H23NO2.ClH/c1-20-14-12-19-13-15-21-18(16-8-4-2-5-9-16)17-10-6-3-7-11-17;/h2-11,18-19H,12-15H2,1H3;1H. The zero-order valence-electron chi connectivity index (χ0n) is 12.9. The lowest BCUT2D eigenvalue weighted by atomic mass is 10.0. The van der Waals surface area contributed by atoms with Gasteiger partial charge < -0.3 is 14.8 Å². The van der Waals surface area contributed by atoms with E-state index in [1.165, 1.54) is 11.1 Å². The first kappa shape index (κ1) is 18.7. The summed E-state index contributed by atoms with van der Waals surface area (Å²) >= 11 is 0. The van der Waals surface area contributed by atoms with Gasteiger partial charge in [0.1, 0.15) is 6.10 Å². The average molecular weight is 322 g/mol. The van der Waals surface area contributed by atoms with Crippen LogP contribution in [-0.4, -0.2) is 33.4 Å². The third-order valence-electron chi connectivity index (χ3n) is 3.25. The summed E-state index contributed by atoms with van der Waals surface area (Å²) < 4.78 is 11.1. The van der Waals surface area contributed by atoms with Gasteiger partial charge in [-0.25, -0.2) is 0 Å². The Bertz CT molecular complexity index is 453. The van der Waals surface area contributed by atoms with Crippen molar-refractivity contribution in [2.75, 3.05) is 33.4 Å². The lowest BCUT2D eigenvalue weighted by molar-refractivity contribution is 0.0808. The molecule has 4 heteroatoms. The highest BCUT2D eigenvalue weighted by Crippen LogP contribution is 2.25. The minimum Gasteiger partial charge on any atom is -0.383 e. The van der Waals surface area contributed by atoms with Crippen molar-refractivity contribution in [2.24, 2.45) is 0 Å². The third-order valence-corrected chi connectivity index (χ3v) is 3.25. The van der Waals surface area contributed by atoms with E-state index < -0.39 is 0 Å². The molecule has 120 valence electrons. The predicted octanol–water partition coefficient (Wildman–Crippen LogP) is 3.45. The average Bonchev–Trinajstić information content (AvgIpc) is 2.56. The van der Waals surface area contributed by atoms with Crippen molar-refractivity contribution in [3.8, 4) is 0 Å². The molecule has 0 heterocycles. The summed E-state index contributed by atoms with van der Waals surface area (Å²) in [5.74, 6) is 0. The number of rotatable bonds is 9. The molecule has 22 heavy (non-hydrogen) atoms. The highest BCUT2D eigenvalue weighted by molar-refractivity contribution is 5.85. The Morgan fingerprint density at radius 1 is 0.818 bits per heavy atom. The monoisotopic (exact) mass is 321 g/mol. The first-order valence-electron chi connectivity index (χ1n) is 7.33. The molecule has 0 aliphatic carbocycles. The highest BCUT2D eigenvalue weighted by atomic mass is 35.5. The van der Waals surface area contributed by atoms with E-state index in [9.17, 15) is 0 Å². The van der Waals surface area contributed by atoms with Crippen molar-refractivity contribution in [3.63, 3.8) is 0 Å². The lowest BCUT2D eigenvalue weighted by Crippen LogP contribution is -2.24. The molecule has 0 radical (unpaired) electrons. The quantitative estimate of drug-likeness (QED) is 0.718. The molecular formula is C18H24ClNO2. The molecule has 0 aliphatic heterocycles. The minimum absolute atomic E-state index is 0. The normalized spacial score (nSPS) is 10.5. The van der Waals surface area contributed by atoms with E-state index in [1.54, 1.807) is 7.11 Å². The number of ether oxygens (including phenoxy) is 2. The number of hydrogen-bond acceptors (Lipinski definition) is 3. The molecule has 3 nitrogen and oxygen atoms in total. The Labute approximate surface area is 139 Å². The summed E-state index contributed by atoms with van der Waals surface area (Å²) in [4.78, 5) is 0. The molecule has 1 N–H and O–H groups in total. The fraction of sp³-hybridized carbons (Fsp3) is 0.333. The van der Waals surface area contributed by atoms with Crippen molar-refractivity contribution in [1.29, 1.82) is 0 Å². The van der Waals surface area contributed by atoms with E-state index in [2.05, 4.69) is 29.6 Å². The van der Waals surface area contributed by atoms with E-state index in [1.807, 2.05) is 36.4 Å². The van der Waals surface area contributed by atoms with Crippen molar-refractivity contribution >= 4 is 12.4 Å². The summed E-state index contributed by atoms with van der Waals surface area (Å²) in [5, 5.41) is 3.29. The van der Waals surface area contributed by atoms with Crippen LogP contribution in [0.2, 0.25) is 0 Å². The Morgan fingerprint density at radius 2 is 1.32 bits per heavy atom. The Kier molecular flexibility index (Phi) is 9.51. The number of methoxy groups -OCH3 is 1.